The molecule has 0 unspecified atom stereocenters. The molecule has 0 aliphatic carbocycles. The van der Waals surface area contributed by atoms with Crippen molar-refractivity contribution in [3.63, 3.8) is 0 Å². The first kappa shape index (κ1) is 14.3. The zero-order valence-corrected chi connectivity index (χ0v) is 11.6. The number of benzene rings is 2. The lowest BCUT2D eigenvalue weighted by Crippen LogP contribution is -2.04. The number of nitrogens with one attached hydrogen (secondary N) is 1. The quantitative estimate of drug-likeness (QED) is 0.513. The summed E-state index contributed by atoms with van der Waals surface area (Å²) in [6, 6.07) is 11.1. The zero-order valence-electron chi connectivity index (χ0n) is 10.8. The topological polar surface area (TPSA) is 55.2 Å². The Labute approximate surface area is 120 Å². The third-order valence-electron chi connectivity index (χ3n) is 2.81. The molecule has 4 nitrogen and oxygen atoms in total. The summed E-state index contributed by atoms with van der Waals surface area (Å²) >= 11 is 1.57. The molecule has 0 amide bonds. The number of nitro benzene ring substituents is 1. The summed E-state index contributed by atoms with van der Waals surface area (Å²) in [6.07, 6.45) is 1.95. The Morgan fingerprint density at radius 2 is 2.05 bits per heavy atom. The number of nitro groups is 1. The summed E-state index contributed by atoms with van der Waals surface area (Å²) in [5.74, 6) is -0.481. The van der Waals surface area contributed by atoms with Gasteiger partial charge in [-0.15, -0.1) is 11.8 Å². The molecule has 2 aromatic rings. The molecule has 2 rings (SSSR count). The van der Waals surface area contributed by atoms with E-state index in [1.54, 1.807) is 11.8 Å². The monoisotopic (exact) mass is 292 g/mol. The van der Waals surface area contributed by atoms with Crippen molar-refractivity contribution in [2.24, 2.45) is 0 Å². The van der Waals surface area contributed by atoms with Gasteiger partial charge in [0.05, 0.1) is 10.5 Å². The maximum atomic E-state index is 13.2. The van der Waals surface area contributed by atoms with Crippen LogP contribution in [0.2, 0.25) is 0 Å². The van der Waals surface area contributed by atoms with Gasteiger partial charge in [-0.25, -0.2) is 4.39 Å². The molecule has 2 aromatic carbocycles. The van der Waals surface area contributed by atoms with E-state index in [0.717, 1.165) is 16.6 Å². The number of anilines is 1. The van der Waals surface area contributed by atoms with Crippen LogP contribution in [0.25, 0.3) is 0 Å². The van der Waals surface area contributed by atoms with Gasteiger partial charge in [0.2, 0.25) is 0 Å². The lowest BCUT2D eigenvalue weighted by molar-refractivity contribution is -0.385. The van der Waals surface area contributed by atoms with E-state index in [9.17, 15) is 14.5 Å². The molecular weight excluding hydrogens is 279 g/mol. The molecule has 0 bridgehead atoms. The fourth-order valence-corrected chi connectivity index (χ4v) is 2.43. The first-order valence-corrected chi connectivity index (χ1v) is 7.14. The molecule has 0 fully saturated rings. The van der Waals surface area contributed by atoms with E-state index in [0.29, 0.717) is 5.56 Å². The van der Waals surface area contributed by atoms with E-state index in [-0.39, 0.29) is 12.2 Å². The summed E-state index contributed by atoms with van der Waals surface area (Å²) in [5.41, 5.74) is 1.12. The van der Waals surface area contributed by atoms with Gasteiger partial charge in [-0.3, -0.25) is 10.1 Å². The summed E-state index contributed by atoms with van der Waals surface area (Å²) in [5, 5.41) is 14.0. The van der Waals surface area contributed by atoms with Crippen molar-refractivity contribution in [3.05, 3.63) is 64.0 Å². The van der Waals surface area contributed by atoms with E-state index in [4.69, 9.17) is 0 Å². The standard InChI is InChI=1S/C14H13FN2O2S/c1-20-14-5-3-2-4-12(14)16-9-10-8-11(15)6-7-13(10)17(18)19/h2-8,16H,9H2,1H3. The van der Waals surface area contributed by atoms with Gasteiger partial charge in [0.25, 0.3) is 5.69 Å². The van der Waals surface area contributed by atoms with Gasteiger partial charge in [0.1, 0.15) is 5.82 Å². The highest BCUT2D eigenvalue weighted by molar-refractivity contribution is 7.98. The number of para-hydroxylation sites is 1. The molecular formula is C14H13FN2O2S. The van der Waals surface area contributed by atoms with E-state index in [1.165, 1.54) is 12.1 Å². The normalized spacial score (nSPS) is 10.3. The van der Waals surface area contributed by atoms with Gasteiger partial charge in [-0.2, -0.15) is 0 Å². The second kappa shape index (κ2) is 6.38. The summed E-state index contributed by atoms with van der Waals surface area (Å²) in [7, 11) is 0. The highest BCUT2D eigenvalue weighted by Crippen LogP contribution is 2.26. The molecule has 0 atom stereocenters. The molecule has 0 saturated heterocycles. The minimum atomic E-state index is -0.503. The molecule has 6 heteroatoms. The van der Waals surface area contributed by atoms with E-state index in [1.807, 2.05) is 30.5 Å². The molecule has 0 saturated carbocycles. The van der Waals surface area contributed by atoms with E-state index in [2.05, 4.69) is 5.32 Å². The number of hydrogen-bond donors (Lipinski definition) is 1. The molecule has 1 N–H and O–H groups in total. The smallest absolute Gasteiger partial charge is 0.274 e. The molecule has 0 aliphatic rings. The van der Waals surface area contributed by atoms with Crippen molar-refractivity contribution in [1.29, 1.82) is 0 Å². The molecule has 0 radical (unpaired) electrons. The maximum Gasteiger partial charge on any atom is 0.274 e. The molecule has 0 aromatic heterocycles. The number of rotatable bonds is 5. The predicted octanol–water partition coefficient (Wildman–Crippen LogP) is 4.07. The van der Waals surface area contributed by atoms with Gasteiger partial charge in [-0.1, -0.05) is 12.1 Å². The molecule has 0 spiro atoms. The Hall–Kier alpha value is -2.08. The van der Waals surface area contributed by atoms with Crippen LogP contribution in [0.3, 0.4) is 0 Å². The minimum Gasteiger partial charge on any atom is -0.380 e. The van der Waals surface area contributed by atoms with Crippen molar-refractivity contribution in [3.8, 4) is 0 Å². The van der Waals surface area contributed by atoms with Gasteiger partial charge in [-0.05, 0) is 30.5 Å². The third kappa shape index (κ3) is 3.27. The molecule has 104 valence electrons. The van der Waals surface area contributed by atoms with Crippen molar-refractivity contribution in [2.75, 3.05) is 11.6 Å². The van der Waals surface area contributed by atoms with Crippen molar-refractivity contribution >= 4 is 23.1 Å². The first-order chi connectivity index (χ1) is 9.61. The lowest BCUT2D eigenvalue weighted by Gasteiger charge is -2.10. The SMILES string of the molecule is CSc1ccccc1NCc1cc(F)ccc1[N+](=O)[O-]. The van der Waals surface area contributed by atoms with Crippen LogP contribution < -0.4 is 5.32 Å². The van der Waals surface area contributed by atoms with Crippen molar-refractivity contribution < 1.29 is 9.31 Å². The largest absolute Gasteiger partial charge is 0.380 e. The van der Waals surface area contributed by atoms with Gasteiger partial charge in [0, 0.05) is 23.2 Å². The summed E-state index contributed by atoms with van der Waals surface area (Å²) in [6.45, 7) is 0.200. The van der Waals surface area contributed by atoms with Crippen LogP contribution in [-0.4, -0.2) is 11.2 Å². The van der Waals surface area contributed by atoms with Crippen LogP contribution >= 0.6 is 11.8 Å². The van der Waals surface area contributed by atoms with Crippen molar-refractivity contribution in [2.45, 2.75) is 11.4 Å². The Kier molecular flexibility index (Phi) is 4.57. The van der Waals surface area contributed by atoms with Crippen molar-refractivity contribution in [1.82, 2.24) is 0 Å². The Bertz CT molecular complexity index is 634. The highest BCUT2D eigenvalue weighted by Gasteiger charge is 2.14. The average Bonchev–Trinajstić information content (AvgIpc) is 2.45. The molecule has 20 heavy (non-hydrogen) atoms. The molecule has 0 heterocycles. The predicted molar refractivity (Wildman–Crippen MR) is 78.6 cm³/mol. The number of nitrogens with zero attached hydrogens (tertiary/aromatic N) is 1. The Morgan fingerprint density at radius 3 is 2.75 bits per heavy atom. The van der Waals surface area contributed by atoms with Crippen LogP contribution in [0.5, 0.6) is 0 Å². The van der Waals surface area contributed by atoms with Crippen LogP contribution in [0.4, 0.5) is 15.8 Å². The second-order valence-corrected chi connectivity index (χ2v) is 4.93. The number of halogens is 1. The van der Waals surface area contributed by atoms with Crippen LogP contribution in [0.1, 0.15) is 5.56 Å². The van der Waals surface area contributed by atoms with E-state index < -0.39 is 10.7 Å². The number of thioether (sulfide) groups is 1. The summed E-state index contributed by atoms with van der Waals surface area (Å²) in [4.78, 5) is 11.4. The van der Waals surface area contributed by atoms with Gasteiger partial charge < -0.3 is 5.32 Å². The Balaban J connectivity index is 2.22. The third-order valence-corrected chi connectivity index (χ3v) is 3.61. The van der Waals surface area contributed by atoms with Gasteiger partial charge in [0.15, 0.2) is 0 Å². The highest BCUT2D eigenvalue weighted by atomic mass is 32.2. The van der Waals surface area contributed by atoms with Crippen LogP contribution in [0.15, 0.2) is 47.4 Å². The lowest BCUT2D eigenvalue weighted by atomic mass is 10.1. The minimum absolute atomic E-state index is 0.0828. The zero-order chi connectivity index (χ0) is 14.5. The average molecular weight is 292 g/mol. The fraction of sp³-hybridized carbons (Fsp3) is 0.143. The summed E-state index contributed by atoms with van der Waals surface area (Å²) < 4.78 is 13.2. The van der Waals surface area contributed by atoms with Gasteiger partial charge >= 0.3 is 0 Å². The van der Waals surface area contributed by atoms with E-state index >= 15 is 0 Å². The maximum absolute atomic E-state index is 13.2. The number of hydrogen-bond acceptors (Lipinski definition) is 4. The Morgan fingerprint density at radius 1 is 1.30 bits per heavy atom. The van der Waals surface area contributed by atoms with Crippen LogP contribution in [-0.2, 0) is 6.54 Å². The van der Waals surface area contributed by atoms with Crippen LogP contribution in [0, 0.1) is 15.9 Å². The second-order valence-electron chi connectivity index (χ2n) is 4.08. The fourth-order valence-electron chi connectivity index (χ4n) is 1.85. The molecule has 0 aliphatic heterocycles. The first-order valence-electron chi connectivity index (χ1n) is 5.91.